The van der Waals surface area contributed by atoms with Crippen LogP contribution < -0.4 is 5.73 Å². The molecule has 0 saturated heterocycles. The number of nitrogens with two attached hydrogens (primary N) is 1. The monoisotopic (exact) mass is 190 g/mol. The molecule has 0 unspecified atom stereocenters. The molecule has 74 valence electrons. The van der Waals surface area contributed by atoms with E-state index in [1.165, 1.54) is 0 Å². The summed E-state index contributed by atoms with van der Waals surface area (Å²) in [6, 6.07) is 2.36. The van der Waals surface area contributed by atoms with Gasteiger partial charge in [0.05, 0.1) is 35.1 Å². The lowest BCUT2D eigenvalue weighted by Gasteiger charge is -2.07. The van der Waals surface area contributed by atoms with Crippen LogP contribution in [0.5, 0.6) is 0 Å². The first-order valence-corrected chi connectivity index (χ1v) is 4.79. The number of hydrogen-bond acceptors (Lipinski definition) is 3. The van der Waals surface area contributed by atoms with Crippen molar-refractivity contribution in [1.82, 2.24) is 9.78 Å². The second-order valence-electron chi connectivity index (χ2n) is 4.13. The van der Waals surface area contributed by atoms with E-state index in [9.17, 15) is 0 Å². The molecule has 1 fully saturated rings. The SMILES string of the molecule is Cc1nn(CC2(C#N)CC2)c(C)c1N. The highest BCUT2D eigenvalue weighted by atomic mass is 15.3. The fraction of sp³-hybridized carbons (Fsp3) is 0.600. The number of nitrogen functional groups attached to an aromatic ring is 1. The van der Waals surface area contributed by atoms with Gasteiger partial charge in [-0.05, 0) is 26.7 Å². The number of anilines is 1. The van der Waals surface area contributed by atoms with Crippen molar-refractivity contribution in [2.24, 2.45) is 5.41 Å². The fourth-order valence-corrected chi connectivity index (χ4v) is 1.61. The maximum Gasteiger partial charge on any atom is 0.0825 e. The second kappa shape index (κ2) is 2.74. The summed E-state index contributed by atoms with van der Waals surface area (Å²) in [5, 5.41) is 13.3. The molecule has 2 N–H and O–H groups in total. The highest BCUT2D eigenvalue weighted by molar-refractivity contribution is 5.46. The minimum absolute atomic E-state index is 0.157. The maximum atomic E-state index is 8.96. The quantitative estimate of drug-likeness (QED) is 0.766. The van der Waals surface area contributed by atoms with Crippen molar-refractivity contribution in [3.05, 3.63) is 11.4 Å². The number of nitrogens with zero attached hydrogens (tertiary/aromatic N) is 3. The van der Waals surface area contributed by atoms with E-state index in [2.05, 4.69) is 11.2 Å². The van der Waals surface area contributed by atoms with E-state index in [1.54, 1.807) is 0 Å². The Labute approximate surface area is 83.3 Å². The lowest BCUT2D eigenvalue weighted by molar-refractivity contribution is 0.475. The summed E-state index contributed by atoms with van der Waals surface area (Å²) in [5.41, 5.74) is 8.24. The Morgan fingerprint density at radius 1 is 1.57 bits per heavy atom. The lowest BCUT2D eigenvalue weighted by Crippen LogP contribution is -2.12. The molecule has 1 aromatic heterocycles. The van der Waals surface area contributed by atoms with Crippen LogP contribution in [0.4, 0.5) is 5.69 Å². The first-order valence-electron chi connectivity index (χ1n) is 4.79. The Morgan fingerprint density at radius 2 is 2.21 bits per heavy atom. The summed E-state index contributed by atoms with van der Waals surface area (Å²) in [4.78, 5) is 0. The number of aryl methyl sites for hydroxylation is 1. The van der Waals surface area contributed by atoms with Gasteiger partial charge < -0.3 is 5.73 Å². The summed E-state index contributed by atoms with van der Waals surface area (Å²) >= 11 is 0. The van der Waals surface area contributed by atoms with Crippen LogP contribution in [0, 0.1) is 30.6 Å². The molecular weight excluding hydrogens is 176 g/mol. The van der Waals surface area contributed by atoms with Gasteiger partial charge in [-0.3, -0.25) is 4.68 Å². The smallest absolute Gasteiger partial charge is 0.0825 e. The van der Waals surface area contributed by atoms with E-state index in [-0.39, 0.29) is 5.41 Å². The molecule has 2 rings (SSSR count). The van der Waals surface area contributed by atoms with E-state index in [0.717, 1.165) is 29.9 Å². The van der Waals surface area contributed by atoms with Crippen LogP contribution in [0.25, 0.3) is 0 Å². The third-order valence-electron chi connectivity index (χ3n) is 2.98. The third kappa shape index (κ3) is 1.25. The first-order chi connectivity index (χ1) is 6.58. The Hall–Kier alpha value is -1.50. The number of rotatable bonds is 2. The van der Waals surface area contributed by atoms with Gasteiger partial charge in [0.2, 0.25) is 0 Å². The molecule has 0 bridgehead atoms. The zero-order chi connectivity index (χ0) is 10.3. The molecule has 0 atom stereocenters. The standard InChI is InChI=1S/C10H14N4/c1-7-9(12)8(2)14(13-7)6-10(5-11)3-4-10/h3-4,6,12H2,1-2H3. The van der Waals surface area contributed by atoms with Crippen molar-refractivity contribution in [2.75, 3.05) is 5.73 Å². The molecule has 0 aromatic carbocycles. The van der Waals surface area contributed by atoms with Gasteiger partial charge in [-0.25, -0.2) is 0 Å². The Balaban J connectivity index is 2.26. The van der Waals surface area contributed by atoms with Crippen LogP contribution in [0.15, 0.2) is 0 Å². The molecule has 1 aliphatic rings. The van der Waals surface area contributed by atoms with Gasteiger partial charge in [-0.15, -0.1) is 0 Å². The van der Waals surface area contributed by atoms with Gasteiger partial charge in [-0.2, -0.15) is 10.4 Å². The zero-order valence-electron chi connectivity index (χ0n) is 8.54. The van der Waals surface area contributed by atoms with Gasteiger partial charge >= 0.3 is 0 Å². The van der Waals surface area contributed by atoms with Crippen LogP contribution in [-0.2, 0) is 6.54 Å². The predicted molar refractivity (Wildman–Crippen MR) is 53.4 cm³/mol. The van der Waals surface area contributed by atoms with Crippen molar-refractivity contribution < 1.29 is 0 Å². The van der Waals surface area contributed by atoms with E-state index in [4.69, 9.17) is 11.0 Å². The summed E-state index contributed by atoms with van der Waals surface area (Å²) in [5.74, 6) is 0. The molecule has 1 aromatic rings. The summed E-state index contributed by atoms with van der Waals surface area (Å²) in [6.45, 7) is 4.53. The van der Waals surface area contributed by atoms with Gasteiger partial charge in [0, 0.05) is 0 Å². The Morgan fingerprint density at radius 3 is 2.57 bits per heavy atom. The van der Waals surface area contributed by atoms with Crippen LogP contribution in [0.3, 0.4) is 0 Å². The van der Waals surface area contributed by atoms with Gasteiger partial charge in [0.25, 0.3) is 0 Å². The van der Waals surface area contributed by atoms with E-state index < -0.39 is 0 Å². The van der Waals surface area contributed by atoms with Gasteiger partial charge in [-0.1, -0.05) is 0 Å². The van der Waals surface area contributed by atoms with Crippen molar-refractivity contribution in [3.63, 3.8) is 0 Å². The minimum Gasteiger partial charge on any atom is -0.396 e. The van der Waals surface area contributed by atoms with E-state index in [1.807, 2.05) is 18.5 Å². The summed E-state index contributed by atoms with van der Waals surface area (Å²) < 4.78 is 1.86. The molecule has 0 spiro atoms. The Bertz CT molecular complexity index is 406. The molecule has 0 radical (unpaired) electrons. The molecule has 0 aliphatic heterocycles. The normalized spacial score (nSPS) is 17.8. The van der Waals surface area contributed by atoms with E-state index >= 15 is 0 Å². The van der Waals surface area contributed by atoms with E-state index in [0.29, 0.717) is 6.54 Å². The molecule has 1 aliphatic carbocycles. The number of hydrogen-bond donors (Lipinski definition) is 1. The molecule has 4 heteroatoms. The van der Waals surface area contributed by atoms with Crippen molar-refractivity contribution in [3.8, 4) is 6.07 Å². The number of nitriles is 1. The molecule has 1 saturated carbocycles. The van der Waals surface area contributed by atoms with Crippen molar-refractivity contribution in [2.45, 2.75) is 33.2 Å². The predicted octanol–water partition coefficient (Wildman–Crippen LogP) is 1.39. The van der Waals surface area contributed by atoms with Crippen LogP contribution >= 0.6 is 0 Å². The minimum atomic E-state index is -0.157. The molecular formula is C10H14N4. The largest absolute Gasteiger partial charge is 0.396 e. The van der Waals surface area contributed by atoms with Gasteiger partial charge in [0.1, 0.15) is 0 Å². The topological polar surface area (TPSA) is 67.6 Å². The first kappa shape index (κ1) is 9.07. The highest BCUT2D eigenvalue weighted by Gasteiger charge is 2.44. The fourth-order valence-electron chi connectivity index (χ4n) is 1.61. The van der Waals surface area contributed by atoms with Gasteiger partial charge in [0.15, 0.2) is 0 Å². The molecule has 4 nitrogen and oxygen atoms in total. The number of aromatic nitrogens is 2. The lowest BCUT2D eigenvalue weighted by atomic mass is 10.1. The van der Waals surface area contributed by atoms with Crippen molar-refractivity contribution >= 4 is 5.69 Å². The summed E-state index contributed by atoms with van der Waals surface area (Å²) in [7, 11) is 0. The van der Waals surface area contributed by atoms with Crippen molar-refractivity contribution in [1.29, 1.82) is 5.26 Å². The average molecular weight is 190 g/mol. The van der Waals surface area contributed by atoms with Crippen LogP contribution in [0.2, 0.25) is 0 Å². The summed E-state index contributed by atoms with van der Waals surface area (Å²) in [6.07, 6.45) is 1.98. The van der Waals surface area contributed by atoms with Crippen LogP contribution in [-0.4, -0.2) is 9.78 Å². The average Bonchev–Trinajstić information content (AvgIpc) is 2.90. The third-order valence-corrected chi connectivity index (χ3v) is 2.98. The second-order valence-corrected chi connectivity index (χ2v) is 4.13. The maximum absolute atomic E-state index is 8.96. The zero-order valence-corrected chi connectivity index (χ0v) is 8.54. The molecule has 1 heterocycles. The Kier molecular flexibility index (Phi) is 1.78. The van der Waals surface area contributed by atoms with Crippen LogP contribution in [0.1, 0.15) is 24.2 Å². The molecule has 14 heavy (non-hydrogen) atoms. The molecule has 0 amide bonds. The highest BCUT2D eigenvalue weighted by Crippen LogP contribution is 2.46.